The van der Waals surface area contributed by atoms with E-state index in [0.29, 0.717) is 35.7 Å². The van der Waals surface area contributed by atoms with E-state index in [1.807, 2.05) is 42.3 Å². The summed E-state index contributed by atoms with van der Waals surface area (Å²) in [5, 5.41) is 2.51. The van der Waals surface area contributed by atoms with Crippen molar-refractivity contribution in [2.45, 2.75) is 32.9 Å². The Morgan fingerprint density at radius 2 is 1.97 bits per heavy atom. The minimum Gasteiger partial charge on any atom is -0.489 e. The van der Waals surface area contributed by atoms with Crippen molar-refractivity contribution < 1.29 is 23.1 Å². The molecule has 1 N–H and O–H groups in total. The molecule has 3 aromatic rings. The van der Waals surface area contributed by atoms with Crippen LogP contribution in [0.25, 0.3) is 11.1 Å². The molecule has 2 aromatic carbocycles. The van der Waals surface area contributed by atoms with Crippen LogP contribution in [0.1, 0.15) is 26.3 Å². The van der Waals surface area contributed by atoms with Crippen LogP contribution in [0, 0.1) is 0 Å². The van der Waals surface area contributed by atoms with Crippen molar-refractivity contribution in [3.8, 4) is 5.75 Å². The van der Waals surface area contributed by atoms with Crippen molar-refractivity contribution >= 4 is 23.2 Å². The van der Waals surface area contributed by atoms with Crippen molar-refractivity contribution in [3.05, 3.63) is 66.0 Å². The third kappa shape index (κ3) is 6.73. The molecule has 0 bridgehead atoms. The van der Waals surface area contributed by atoms with E-state index in [2.05, 4.69) is 10.3 Å². The molecule has 7 nitrogen and oxygen atoms in total. The topological polar surface area (TPSA) is 76.8 Å². The fourth-order valence-corrected chi connectivity index (χ4v) is 2.87. The Labute approximate surface area is 186 Å². The number of oxazole rings is 1. The molecule has 1 heterocycles. The molecule has 0 radical (unpaired) electrons. The summed E-state index contributed by atoms with van der Waals surface area (Å²) in [6, 6.07) is 15.8. The summed E-state index contributed by atoms with van der Waals surface area (Å²) < 4.78 is 29.9. The molecule has 0 spiro atoms. The first-order valence-electron chi connectivity index (χ1n) is 10.3. The Hall–Kier alpha value is -3.55. The van der Waals surface area contributed by atoms with Crippen LogP contribution in [-0.2, 0) is 11.3 Å². The van der Waals surface area contributed by atoms with Gasteiger partial charge in [-0.15, -0.1) is 0 Å². The highest BCUT2D eigenvalue weighted by atomic mass is 19.1. The Kier molecular flexibility index (Phi) is 7.35. The lowest BCUT2D eigenvalue weighted by Crippen LogP contribution is -2.34. The molecule has 32 heavy (non-hydrogen) atoms. The minimum atomic E-state index is -0.624. The normalized spacial score (nSPS) is 12.0. The quantitative estimate of drug-likeness (QED) is 0.516. The van der Waals surface area contributed by atoms with Crippen LogP contribution in [0.5, 0.6) is 5.75 Å². The summed E-state index contributed by atoms with van der Waals surface area (Å²) in [5.41, 5.74) is 2.04. The zero-order chi connectivity index (χ0) is 23.1. The smallest absolute Gasteiger partial charge is 0.407 e. The second kappa shape index (κ2) is 10.2. The van der Waals surface area contributed by atoms with Crippen molar-refractivity contribution in [1.82, 2.24) is 10.3 Å². The van der Waals surface area contributed by atoms with Crippen LogP contribution in [0.15, 0.2) is 64.9 Å². The molecule has 0 unspecified atom stereocenters. The van der Waals surface area contributed by atoms with Crippen LogP contribution < -0.4 is 15.0 Å². The Balaban J connectivity index is 1.57. The number of hydrogen-bond donors (Lipinski definition) is 1. The molecule has 0 atom stereocenters. The molecule has 0 saturated heterocycles. The molecule has 0 aliphatic rings. The summed E-state index contributed by atoms with van der Waals surface area (Å²) in [7, 11) is 1.91. The van der Waals surface area contributed by atoms with Gasteiger partial charge in [-0.3, -0.25) is 0 Å². The number of hydrogen-bond acceptors (Lipinski definition) is 6. The number of carbonyl (C=O) groups is 1. The Morgan fingerprint density at radius 3 is 2.66 bits per heavy atom. The van der Waals surface area contributed by atoms with Crippen LogP contribution >= 0.6 is 0 Å². The number of amides is 1. The van der Waals surface area contributed by atoms with E-state index in [-0.39, 0.29) is 18.7 Å². The number of ether oxygens (including phenoxy) is 2. The molecule has 8 heteroatoms. The number of rotatable bonds is 8. The van der Waals surface area contributed by atoms with Gasteiger partial charge in [0.2, 0.25) is 0 Å². The van der Waals surface area contributed by atoms with Crippen molar-refractivity contribution in [2.75, 3.05) is 25.1 Å². The Morgan fingerprint density at radius 1 is 1.22 bits per heavy atom. The van der Waals surface area contributed by atoms with Crippen LogP contribution in [-0.4, -0.2) is 36.9 Å². The van der Waals surface area contributed by atoms with E-state index >= 15 is 0 Å². The van der Waals surface area contributed by atoms with Gasteiger partial charge in [0.05, 0.1) is 6.33 Å². The molecule has 1 aromatic heterocycles. The molecule has 3 rings (SSSR count). The highest BCUT2D eigenvalue weighted by Crippen LogP contribution is 2.26. The van der Waals surface area contributed by atoms with E-state index < -0.39 is 11.7 Å². The molecular weight excluding hydrogens is 413 g/mol. The van der Waals surface area contributed by atoms with Crippen LogP contribution in [0.4, 0.5) is 15.2 Å². The van der Waals surface area contributed by atoms with Gasteiger partial charge < -0.3 is 24.1 Å². The standard InChI is InChI=1S/C24H28FN3O4/c1-24(2,3)32-23(29)26-14-18(13-25)16-30-19-10-11-20-21(12-19)31-22(27-20)28(4)15-17-8-6-5-7-9-17/h5-13H,14-16H2,1-4H3,(H,26,29). The average Bonchev–Trinajstić information content (AvgIpc) is 3.17. The van der Waals surface area contributed by atoms with E-state index in [9.17, 15) is 9.18 Å². The monoisotopic (exact) mass is 441 g/mol. The second-order valence-corrected chi connectivity index (χ2v) is 8.38. The number of benzene rings is 2. The zero-order valence-electron chi connectivity index (χ0n) is 18.7. The molecule has 0 saturated carbocycles. The third-order valence-electron chi connectivity index (χ3n) is 4.37. The van der Waals surface area contributed by atoms with E-state index in [1.54, 1.807) is 39.0 Å². The minimum absolute atomic E-state index is 0.0234. The van der Waals surface area contributed by atoms with Gasteiger partial charge in [-0.2, -0.15) is 4.98 Å². The van der Waals surface area contributed by atoms with Crippen molar-refractivity contribution in [1.29, 1.82) is 0 Å². The van der Waals surface area contributed by atoms with Gasteiger partial charge in [0.15, 0.2) is 5.58 Å². The van der Waals surface area contributed by atoms with E-state index in [0.717, 1.165) is 5.56 Å². The van der Waals surface area contributed by atoms with E-state index in [4.69, 9.17) is 13.9 Å². The van der Waals surface area contributed by atoms with Gasteiger partial charge >= 0.3 is 6.09 Å². The fourth-order valence-electron chi connectivity index (χ4n) is 2.87. The maximum Gasteiger partial charge on any atom is 0.407 e. The predicted octanol–water partition coefficient (Wildman–Crippen LogP) is 5.22. The largest absolute Gasteiger partial charge is 0.489 e. The average molecular weight is 442 g/mol. The van der Waals surface area contributed by atoms with Gasteiger partial charge in [-0.25, -0.2) is 9.18 Å². The Bertz CT molecular complexity index is 1070. The maximum atomic E-state index is 13.2. The fraction of sp³-hybridized carbons (Fsp3) is 0.333. The number of fused-ring (bicyclic) bond motifs is 1. The first kappa shape index (κ1) is 23.1. The molecule has 0 aliphatic carbocycles. The van der Waals surface area contributed by atoms with Gasteiger partial charge in [0.25, 0.3) is 6.01 Å². The van der Waals surface area contributed by atoms with Gasteiger partial charge in [0, 0.05) is 31.8 Å². The number of anilines is 1. The molecule has 0 aliphatic heterocycles. The second-order valence-electron chi connectivity index (χ2n) is 8.38. The third-order valence-corrected chi connectivity index (χ3v) is 4.37. The van der Waals surface area contributed by atoms with Gasteiger partial charge in [-0.1, -0.05) is 30.3 Å². The summed E-state index contributed by atoms with van der Waals surface area (Å²) in [6.07, 6.45) is -0.201. The highest BCUT2D eigenvalue weighted by molar-refractivity contribution is 5.76. The van der Waals surface area contributed by atoms with Gasteiger partial charge in [0.1, 0.15) is 23.5 Å². The predicted molar refractivity (Wildman–Crippen MR) is 121 cm³/mol. The summed E-state index contributed by atoms with van der Waals surface area (Å²) in [6.45, 7) is 5.87. The lowest BCUT2D eigenvalue weighted by Gasteiger charge is -2.20. The summed E-state index contributed by atoms with van der Waals surface area (Å²) in [5.74, 6) is 0.502. The SMILES string of the molecule is CN(Cc1ccccc1)c1nc2ccc(OCC(=CF)CNC(=O)OC(C)(C)C)cc2o1. The highest BCUT2D eigenvalue weighted by Gasteiger charge is 2.16. The van der Waals surface area contributed by atoms with Crippen LogP contribution in [0.2, 0.25) is 0 Å². The molecule has 1 amide bonds. The number of alkyl carbamates (subject to hydrolysis) is 1. The molecule has 170 valence electrons. The zero-order valence-corrected chi connectivity index (χ0v) is 18.7. The maximum absolute atomic E-state index is 13.2. The number of nitrogens with one attached hydrogen (secondary N) is 1. The first-order chi connectivity index (χ1) is 15.2. The number of carbonyl (C=O) groups excluding carboxylic acids is 1. The summed E-state index contributed by atoms with van der Waals surface area (Å²) in [4.78, 5) is 18.2. The first-order valence-corrected chi connectivity index (χ1v) is 10.3. The van der Waals surface area contributed by atoms with E-state index in [1.165, 1.54) is 0 Å². The number of halogens is 1. The van der Waals surface area contributed by atoms with Crippen LogP contribution in [0.3, 0.4) is 0 Å². The lowest BCUT2D eigenvalue weighted by atomic mass is 10.2. The summed E-state index contributed by atoms with van der Waals surface area (Å²) >= 11 is 0. The van der Waals surface area contributed by atoms with Gasteiger partial charge in [-0.05, 0) is 38.5 Å². The molecular formula is C24H28FN3O4. The van der Waals surface area contributed by atoms with Crippen molar-refractivity contribution in [3.63, 3.8) is 0 Å². The van der Waals surface area contributed by atoms with Crippen molar-refractivity contribution in [2.24, 2.45) is 0 Å². The number of aromatic nitrogens is 1. The lowest BCUT2D eigenvalue weighted by molar-refractivity contribution is 0.0531. The molecule has 0 fully saturated rings. The number of nitrogens with zero attached hydrogens (tertiary/aromatic N) is 2.